The number of carbonyl (C=O) groups excluding carboxylic acids is 2. The zero-order valence-corrected chi connectivity index (χ0v) is 16.3. The lowest BCUT2D eigenvalue weighted by molar-refractivity contribution is -0.117. The summed E-state index contributed by atoms with van der Waals surface area (Å²) in [5.74, 6) is -0.383. The van der Waals surface area contributed by atoms with Crippen molar-refractivity contribution in [1.82, 2.24) is 5.32 Å². The van der Waals surface area contributed by atoms with E-state index in [4.69, 9.17) is 0 Å². The summed E-state index contributed by atoms with van der Waals surface area (Å²) in [6, 6.07) is 11.4. The summed E-state index contributed by atoms with van der Waals surface area (Å²) in [5, 5.41) is 2.39. The van der Waals surface area contributed by atoms with Gasteiger partial charge in [0.1, 0.15) is 0 Å². The molecule has 7 heteroatoms. The molecule has 0 saturated carbocycles. The van der Waals surface area contributed by atoms with Crippen molar-refractivity contribution in [3.05, 3.63) is 36.4 Å². The summed E-state index contributed by atoms with van der Waals surface area (Å²) in [4.78, 5) is 31.7. The van der Waals surface area contributed by atoms with Crippen molar-refractivity contribution in [2.75, 3.05) is 42.9 Å². The lowest BCUT2D eigenvalue weighted by Gasteiger charge is -2.32. The second-order valence-electron chi connectivity index (χ2n) is 6.52. The number of nitrogens with zero attached hydrogens (tertiary/aromatic N) is 3. The normalized spacial score (nSPS) is 12.1. The summed E-state index contributed by atoms with van der Waals surface area (Å²) in [7, 11) is 7.92. The molecular formula is C19H22N4O2S. The van der Waals surface area contributed by atoms with Crippen LogP contribution in [0, 0.1) is 0 Å². The van der Waals surface area contributed by atoms with Crippen LogP contribution in [-0.2, 0) is 4.79 Å². The van der Waals surface area contributed by atoms with Gasteiger partial charge in [0.05, 0.1) is 11.4 Å². The smallest absolute Gasteiger partial charge is 0.333 e. The molecule has 0 unspecified atom stereocenters. The molecule has 3 amide bonds. The number of fused-ring (bicyclic) bond motifs is 2. The van der Waals surface area contributed by atoms with E-state index in [1.165, 1.54) is 6.92 Å². The quantitative estimate of drug-likeness (QED) is 0.874. The highest BCUT2D eigenvalue weighted by Crippen LogP contribution is 2.50. The molecular weight excluding hydrogens is 348 g/mol. The second kappa shape index (κ2) is 6.92. The Morgan fingerprint density at radius 1 is 0.885 bits per heavy atom. The number of anilines is 4. The Morgan fingerprint density at radius 2 is 1.35 bits per heavy atom. The van der Waals surface area contributed by atoms with Crippen LogP contribution in [0.3, 0.4) is 0 Å². The van der Waals surface area contributed by atoms with Crippen LogP contribution in [0.5, 0.6) is 0 Å². The van der Waals surface area contributed by atoms with E-state index >= 15 is 0 Å². The van der Waals surface area contributed by atoms with E-state index in [2.05, 4.69) is 17.4 Å². The molecule has 0 atom stereocenters. The third kappa shape index (κ3) is 3.35. The highest BCUT2D eigenvalue weighted by Gasteiger charge is 2.29. The van der Waals surface area contributed by atoms with Gasteiger partial charge in [-0.25, -0.2) is 4.79 Å². The van der Waals surface area contributed by atoms with Crippen LogP contribution in [0.25, 0.3) is 0 Å². The molecule has 0 aromatic heterocycles. The van der Waals surface area contributed by atoms with Gasteiger partial charge in [-0.1, -0.05) is 11.8 Å². The third-order valence-corrected chi connectivity index (χ3v) is 5.20. The molecule has 6 nitrogen and oxygen atoms in total. The maximum atomic E-state index is 12.7. The van der Waals surface area contributed by atoms with Gasteiger partial charge in [0.2, 0.25) is 5.91 Å². The van der Waals surface area contributed by atoms with E-state index in [0.29, 0.717) is 0 Å². The Bertz CT molecular complexity index is 822. The molecule has 0 bridgehead atoms. The van der Waals surface area contributed by atoms with Crippen LogP contribution in [0.2, 0.25) is 0 Å². The number of carbonyl (C=O) groups is 2. The molecule has 0 fully saturated rings. The lowest BCUT2D eigenvalue weighted by atomic mass is 10.2. The minimum absolute atomic E-state index is 0.383. The van der Waals surface area contributed by atoms with Gasteiger partial charge in [0.25, 0.3) is 0 Å². The number of rotatable bonds is 2. The van der Waals surface area contributed by atoms with Crippen LogP contribution < -0.4 is 20.0 Å². The van der Waals surface area contributed by atoms with Gasteiger partial charge < -0.3 is 9.80 Å². The Labute approximate surface area is 157 Å². The van der Waals surface area contributed by atoms with Gasteiger partial charge in [0.15, 0.2) is 0 Å². The van der Waals surface area contributed by atoms with E-state index in [9.17, 15) is 9.59 Å². The van der Waals surface area contributed by atoms with E-state index in [-0.39, 0.29) is 5.91 Å². The average Bonchev–Trinajstić information content (AvgIpc) is 2.57. The minimum atomic E-state index is -0.449. The fourth-order valence-electron chi connectivity index (χ4n) is 2.77. The van der Waals surface area contributed by atoms with Crippen molar-refractivity contribution in [3.63, 3.8) is 0 Å². The zero-order chi connectivity index (χ0) is 19.0. The number of benzene rings is 2. The maximum Gasteiger partial charge on any atom is 0.333 e. The minimum Gasteiger partial charge on any atom is -0.378 e. The van der Waals surface area contributed by atoms with Crippen molar-refractivity contribution in [1.29, 1.82) is 0 Å². The van der Waals surface area contributed by atoms with Crippen LogP contribution in [0.4, 0.5) is 27.5 Å². The number of hydrogen-bond acceptors (Lipinski definition) is 5. The molecule has 2 aromatic carbocycles. The van der Waals surface area contributed by atoms with Gasteiger partial charge in [-0.3, -0.25) is 15.0 Å². The molecule has 1 N–H and O–H groups in total. The standard InChI is InChI=1S/C19H22N4O2S/c1-12(24)20-19(25)23-15-8-6-13(21(2)3)10-17(15)26-18-11-14(22(4)5)7-9-16(18)23/h6-11H,1-5H3,(H,20,24,25). The number of amides is 3. The van der Waals surface area contributed by atoms with Crippen molar-refractivity contribution in [3.8, 4) is 0 Å². The predicted molar refractivity (Wildman–Crippen MR) is 107 cm³/mol. The van der Waals surface area contributed by atoms with Gasteiger partial charge >= 0.3 is 6.03 Å². The first-order chi connectivity index (χ1) is 12.3. The fourth-order valence-corrected chi connectivity index (χ4v) is 3.89. The molecule has 0 radical (unpaired) electrons. The van der Waals surface area contributed by atoms with E-state index < -0.39 is 6.03 Å². The van der Waals surface area contributed by atoms with E-state index in [1.807, 2.05) is 62.3 Å². The van der Waals surface area contributed by atoms with E-state index in [1.54, 1.807) is 16.7 Å². The molecule has 0 spiro atoms. The molecule has 3 rings (SSSR count). The molecule has 1 aliphatic heterocycles. The van der Waals surface area contributed by atoms with Crippen molar-refractivity contribution >= 4 is 46.4 Å². The Morgan fingerprint density at radius 3 is 1.73 bits per heavy atom. The summed E-state index contributed by atoms with van der Waals surface area (Å²) in [6.07, 6.45) is 0. The largest absolute Gasteiger partial charge is 0.378 e. The summed E-state index contributed by atoms with van der Waals surface area (Å²) in [6.45, 7) is 1.34. The zero-order valence-electron chi connectivity index (χ0n) is 15.5. The number of urea groups is 1. The Kier molecular flexibility index (Phi) is 4.82. The van der Waals surface area contributed by atoms with Gasteiger partial charge in [-0.2, -0.15) is 0 Å². The van der Waals surface area contributed by atoms with Crippen molar-refractivity contribution in [2.24, 2.45) is 0 Å². The molecule has 1 heterocycles. The molecule has 136 valence electrons. The summed E-state index contributed by atoms with van der Waals surface area (Å²) >= 11 is 1.63. The van der Waals surface area contributed by atoms with Crippen LogP contribution >= 0.6 is 11.8 Å². The molecule has 2 aromatic rings. The predicted octanol–water partition coefficient (Wildman–Crippen LogP) is 3.68. The molecule has 26 heavy (non-hydrogen) atoms. The first kappa shape index (κ1) is 18.1. The topological polar surface area (TPSA) is 55.9 Å². The van der Waals surface area contributed by atoms with E-state index in [0.717, 1.165) is 32.5 Å². The molecule has 1 aliphatic rings. The fraction of sp³-hybridized carbons (Fsp3) is 0.263. The third-order valence-electron chi connectivity index (χ3n) is 4.11. The first-order valence-electron chi connectivity index (χ1n) is 8.20. The molecule has 0 saturated heterocycles. The van der Waals surface area contributed by atoms with Crippen molar-refractivity contribution in [2.45, 2.75) is 16.7 Å². The first-order valence-corrected chi connectivity index (χ1v) is 9.02. The Hall–Kier alpha value is -2.67. The Balaban J connectivity index is 2.14. The van der Waals surface area contributed by atoms with Gasteiger partial charge in [-0.05, 0) is 36.4 Å². The number of nitrogens with one attached hydrogen (secondary N) is 1. The summed E-state index contributed by atoms with van der Waals surface area (Å²) in [5.41, 5.74) is 3.64. The van der Waals surface area contributed by atoms with Gasteiger partial charge in [0, 0.05) is 56.3 Å². The monoisotopic (exact) mass is 370 g/mol. The highest BCUT2D eigenvalue weighted by atomic mass is 32.2. The second-order valence-corrected chi connectivity index (χ2v) is 7.60. The number of hydrogen-bond donors (Lipinski definition) is 1. The maximum absolute atomic E-state index is 12.7. The average molecular weight is 370 g/mol. The molecule has 0 aliphatic carbocycles. The highest BCUT2D eigenvalue weighted by molar-refractivity contribution is 7.99. The van der Waals surface area contributed by atoms with Crippen molar-refractivity contribution < 1.29 is 9.59 Å². The van der Waals surface area contributed by atoms with Crippen LogP contribution in [0.15, 0.2) is 46.2 Å². The van der Waals surface area contributed by atoms with Crippen LogP contribution in [-0.4, -0.2) is 40.1 Å². The SMILES string of the molecule is CC(=O)NC(=O)N1c2ccc(N(C)C)cc2Sc2cc(N(C)C)ccc21. The van der Waals surface area contributed by atoms with Crippen LogP contribution in [0.1, 0.15) is 6.92 Å². The van der Waals surface area contributed by atoms with Gasteiger partial charge in [-0.15, -0.1) is 0 Å². The lowest BCUT2D eigenvalue weighted by Crippen LogP contribution is -2.40. The summed E-state index contributed by atoms with van der Waals surface area (Å²) < 4.78 is 0. The number of imide groups is 1.